The summed E-state index contributed by atoms with van der Waals surface area (Å²) in [5, 5.41) is 9.42. The fourth-order valence-electron chi connectivity index (χ4n) is 3.88. The molecule has 198 valence electrons. The Labute approximate surface area is 224 Å². The molecule has 0 saturated carbocycles. The van der Waals surface area contributed by atoms with Gasteiger partial charge in [-0.3, -0.25) is 9.72 Å². The third-order valence-electron chi connectivity index (χ3n) is 5.96. The summed E-state index contributed by atoms with van der Waals surface area (Å²) in [6.45, 7) is 7.39. The third-order valence-corrected chi connectivity index (χ3v) is 6.93. The van der Waals surface area contributed by atoms with E-state index >= 15 is 0 Å². The number of nitrogens with one attached hydrogen (secondary N) is 2. The highest BCUT2D eigenvalue weighted by atomic mass is 32.1. The van der Waals surface area contributed by atoms with Crippen molar-refractivity contribution in [3.63, 3.8) is 0 Å². The van der Waals surface area contributed by atoms with Crippen LogP contribution in [0.2, 0.25) is 0 Å². The van der Waals surface area contributed by atoms with Gasteiger partial charge in [0.25, 0.3) is 0 Å². The fraction of sp³-hybridized carbons (Fsp3) is 0.333. The average Bonchev–Trinajstić information content (AvgIpc) is 3.59. The van der Waals surface area contributed by atoms with Crippen LogP contribution in [0.4, 0.5) is 16.3 Å². The van der Waals surface area contributed by atoms with Crippen molar-refractivity contribution in [1.82, 2.24) is 19.5 Å². The van der Waals surface area contributed by atoms with Crippen molar-refractivity contribution in [1.29, 1.82) is 0 Å². The molecule has 5 rings (SSSR count). The molecule has 0 aliphatic rings. The highest BCUT2D eigenvalue weighted by molar-refractivity contribution is 7.23. The number of ether oxygens (including phenoxy) is 1. The van der Waals surface area contributed by atoms with Crippen LogP contribution >= 0.6 is 11.3 Å². The number of carbonyl (C=O) groups excluding carboxylic acids is 1. The molecule has 1 aromatic carbocycles. The van der Waals surface area contributed by atoms with Crippen LogP contribution in [0.1, 0.15) is 45.8 Å². The summed E-state index contributed by atoms with van der Waals surface area (Å²) in [6.07, 6.45) is 5.03. The van der Waals surface area contributed by atoms with Gasteiger partial charge in [0.15, 0.2) is 10.8 Å². The number of hydrogen-bond acceptors (Lipinski definition) is 8. The second-order valence-electron chi connectivity index (χ2n) is 10.0. The second-order valence-corrected chi connectivity index (χ2v) is 11.0. The van der Waals surface area contributed by atoms with E-state index in [0.717, 1.165) is 45.8 Å². The number of aromatic nitrogens is 4. The summed E-state index contributed by atoms with van der Waals surface area (Å²) in [7, 11) is 0. The summed E-state index contributed by atoms with van der Waals surface area (Å²) in [6, 6.07) is 12.8. The molecular formula is C27H31N7O3S. The normalized spacial score (nSPS) is 11.8. The zero-order valence-corrected chi connectivity index (χ0v) is 22.5. The number of nitrogens with zero attached hydrogens (tertiary/aromatic N) is 4. The Hall–Kier alpha value is -3.96. The van der Waals surface area contributed by atoms with E-state index in [2.05, 4.69) is 20.8 Å². The van der Waals surface area contributed by atoms with Crippen LogP contribution < -0.4 is 21.1 Å². The SMILES string of the molecule is CC(C)(C)c1cc(NC(=O)Nc2ccc(-c3cn4c(n3)sc3nc(OCCCCCN)ccc34)cc2)no1. The van der Waals surface area contributed by atoms with E-state index in [1.165, 1.54) is 11.3 Å². The maximum Gasteiger partial charge on any atom is 0.324 e. The largest absolute Gasteiger partial charge is 0.478 e. The number of imidazole rings is 1. The number of amides is 2. The first kappa shape index (κ1) is 25.7. The van der Waals surface area contributed by atoms with Gasteiger partial charge in [-0.1, -0.05) is 49.4 Å². The minimum absolute atomic E-state index is 0.189. The van der Waals surface area contributed by atoms with Crippen LogP contribution in [0, 0.1) is 0 Å². The Kier molecular flexibility index (Phi) is 7.30. The lowest BCUT2D eigenvalue weighted by molar-refractivity contribution is 0.262. The number of hydrogen-bond donors (Lipinski definition) is 3. The molecule has 10 nitrogen and oxygen atoms in total. The summed E-state index contributed by atoms with van der Waals surface area (Å²) in [5.41, 5.74) is 8.76. The Bertz CT molecular complexity index is 1550. The lowest BCUT2D eigenvalue weighted by atomic mass is 9.93. The molecule has 5 aromatic rings. The monoisotopic (exact) mass is 533 g/mol. The van der Waals surface area contributed by atoms with Crippen molar-refractivity contribution in [2.24, 2.45) is 5.73 Å². The molecule has 0 fully saturated rings. The number of urea groups is 1. The molecule has 0 bridgehead atoms. The van der Waals surface area contributed by atoms with E-state index in [9.17, 15) is 4.79 Å². The molecule has 4 N–H and O–H groups in total. The number of pyridine rings is 1. The number of anilines is 2. The molecule has 0 spiro atoms. The highest BCUT2D eigenvalue weighted by Gasteiger charge is 2.20. The number of carbonyl (C=O) groups is 1. The zero-order chi connectivity index (χ0) is 26.7. The predicted molar refractivity (Wildman–Crippen MR) is 150 cm³/mol. The molecular weight excluding hydrogens is 502 g/mol. The van der Waals surface area contributed by atoms with Gasteiger partial charge in [0, 0.05) is 35.0 Å². The molecule has 38 heavy (non-hydrogen) atoms. The van der Waals surface area contributed by atoms with E-state index in [1.54, 1.807) is 6.07 Å². The van der Waals surface area contributed by atoms with E-state index in [4.69, 9.17) is 20.0 Å². The molecule has 0 aliphatic carbocycles. The van der Waals surface area contributed by atoms with Crippen LogP contribution in [0.15, 0.2) is 53.2 Å². The van der Waals surface area contributed by atoms with Gasteiger partial charge in [-0.05, 0) is 44.0 Å². The minimum atomic E-state index is -0.396. The molecule has 0 radical (unpaired) electrons. The quantitative estimate of drug-likeness (QED) is 0.197. The average molecular weight is 534 g/mol. The van der Waals surface area contributed by atoms with Gasteiger partial charge in [0.05, 0.1) is 17.8 Å². The first-order chi connectivity index (χ1) is 18.3. The standard InChI is InChI=1S/C27H31N7O3S/c1-27(2,3)21-15-22(33-37-21)31-25(35)29-18-9-7-17(8-10-18)19-16-34-20-11-12-23(36-14-6-4-5-13-28)32-24(20)38-26(34)30-19/h7-12,15-16H,4-6,13-14,28H2,1-3H3,(H2,29,31,33,35). The lowest BCUT2D eigenvalue weighted by Gasteiger charge is -2.12. The molecule has 11 heteroatoms. The molecule has 2 amide bonds. The van der Waals surface area contributed by atoms with E-state index in [0.29, 0.717) is 36.3 Å². The van der Waals surface area contributed by atoms with Crippen molar-refractivity contribution in [3.05, 3.63) is 54.4 Å². The molecule has 4 aromatic heterocycles. The summed E-state index contributed by atoms with van der Waals surface area (Å²) >= 11 is 1.52. The minimum Gasteiger partial charge on any atom is -0.478 e. The summed E-state index contributed by atoms with van der Waals surface area (Å²) in [5.74, 6) is 1.69. The highest BCUT2D eigenvalue weighted by Crippen LogP contribution is 2.30. The Morgan fingerprint density at radius 2 is 1.89 bits per heavy atom. The van der Waals surface area contributed by atoms with Gasteiger partial charge >= 0.3 is 6.03 Å². The fourth-order valence-corrected chi connectivity index (χ4v) is 4.85. The number of benzene rings is 1. The van der Waals surface area contributed by atoms with Crippen molar-refractivity contribution in [2.75, 3.05) is 23.8 Å². The van der Waals surface area contributed by atoms with Crippen LogP contribution in [-0.4, -0.2) is 38.7 Å². The maximum absolute atomic E-state index is 12.4. The number of thiazole rings is 1. The Balaban J connectivity index is 1.22. The topological polar surface area (TPSA) is 133 Å². The molecule has 0 atom stereocenters. The summed E-state index contributed by atoms with van der Waals surface area (Å²) in [4.78, 5) is 23.5. The maximum atomic E-state index is 12.4. The predicted octanol–water partition coefficient (Wildman–Crippen LogP) is 6.05. The Morgan fingerprint density at radius 1 is 1.08 bits per heavy atom. The molecule has 0 aliphatic heterocycles. The van der Waals surface area contributed by atoms with Gasteiger partial charge in [-0.25, -0.2) is 14.8 Å². The van der Waals surface area contributed by atoms with Gasteiger partial charge in [0.2, 0.25) is 5.88 Å². The zero-order valence-electron chi connectivity index (χ0n) is 21.7. The van der Waals surface area contributed by atoms with Crippen LogP contribution in [0.3, 0.4) is 0 Å². The van der Waals surface area contributed by atoms with Crippen molar-refractivity contribution in [2.45, 2.75) is 45.4 Å². The molecule has 0 saturated heterocycles. The van der Waals surface area contributed by atoms with E-state index in [-0.39, 0.29) is 5.41 Å². The lowest BCUT2D eigenvalue weighted by Crippen LogP contribution is -2.19. The van der Waals surface area contributed by atoms with E-state index < -0.39 is 6.03 Å². The molecule has 4 heterocycles. The van der Waals surface area contributed by atoms with Crippen LogP contribution in [0.25, 0.3) is 26.6 Å². The van der Waals surface area contributed by atoms with Gasteiger partial charge < -0.3 is 20.3 Å². The number of rotatable bonds is 9. The van der Waals surface area contributed by atoms with Crippen LogP contribution in [0.5, 0.6) is 5.88 Å². The number of unbranched alkanes of at least 4 members (excludes halogenated alkanes) is 2. The van der Waals surface area contributed by atoms with Gasteiger partial charge in [-0.15, -0.1) is 0 Å². The second kappa shape index (κ2) is 10.8. The first-order valence-corrected chi connectivity index (χ1v) is 13.4. The molecule has 0 unspecified atom stereocenters. The van der Waals surface area contributed by atoms with Crippen LogP contribution in [-0.2, 0) is 5.41 Å². The van der Waals surface area contributed by atoms with Gasteiger partial charge in [-0.2, -0.15) is 0 Å². The number of nitrogens with two attached hydrogens (primary N) is 1. The Morgan fingerprint density at radius 3 is 2.63 bits per heavy atom. The smallest absolute Gasteiger partial charge is 0.324 e. The van der Waals surface area contributed by atoms with Crippen molar-refractivity contribution >= 4 is 44.2 Å². The summed E-state index contributed by atoms with van der Waals surface area (Å²) < 4.78 is 13.1. The first-order valence-electron chi connectivity index (χ1n) is 12.6. The third kappa shape index (κ3) is 5.79. The van der Waals surface area contributed by atoms with Crippen molar-refractivity contribution in [3.8, 4) is 17.1 Å². The number of fused-ring (bicyclic) bond motifs is 3. The van der Waals surface area contributed by atoms with Crippen molar-refractivity contribution < 1.29 is 14.1 Å². The van der Waals surface area contributed by atoms with Gasteiger partial charge in [0.1, 0.15) is 10.6 Å². The van der Waals surface area contributed by atoms with E-state index in [1.807, 2.05) is 67.8 Å².